The van der Waals surface area contributed by atoms with Crippen molar-refractivity contribution in [3.8, 4) is 0 Å². The van der Waals surface area contributed by atoms with Crippen LogP contribution in [0.4, 0.5) is 0 Å². The van der Waals surface area contributed by atoms with E-state index in [1.165, 1.54) is 25.3 Å². The van der Waals surface area contributed by atoms with Crippen molar-refractivity contribution < 1.29 is 19.1 Å². The maximum Gasteiger partial charge on any atom is 0.302 e. The second kappa shape index (κ2) is 6.63. The van der Waals surface area contributed by atoms with E-state index < -0.39 is 0 Å². The van der Waals surface area contributed by atoms with Crippen LogP contribution in [0.15, 0.2) is 11.6 Å². The Morgan fingerprint density at radius 1 is 0.963 bits per heavy atom. The Bertz CT molecular complexity index is 667. The molecule has 0 heterocycles. The van der Waals surface area contributed by atoms with Crippen molar-refractivity contribution in [1.29, 1.82) is 0 Å². The van der Waals surface area contributed by atoms with Gasteiger partial charge in [-0.2, -0.15) is 0 Å². The Balaban J connectivity index is 1.55. The Morgan fingerprint density at radius 2 is 1.70 bits per heavy atom. The minimum atomic E-state index is -0.159. The van der Waals surface area contributed by atoms with E-state index in [0.29, 0.717) is 17.8 Å². The fourth-order valence-corrected chi connectivity index (χ4v) is 7.31. The molecule has 0 aliphatic heterocycles. The van der Waals surface area contributed by atoms with Gasteiger partial charge in [0.2, 0.25) is 0 Å². The zero-order chi connectivity index (χ0) is 19.4. The molecule has 7 atom stereocenters. The van der Waals surface area contributed by atoms with Crippen LogP contribution < -0.4 is 0 Å². The highest BCUT2D eigenvalue weighted by atomic mass is 16.5. The number of fused-ring (bicyclic) bond motifs is 5. The first-order valence-electron chi connectivity index (χ1n) is 10.8. The minimum absolute atomic E-state index is 0.0621. The second-order valence-electron chi connectivity index (χ2n) is 9.95. The highest BCUT2D eigenvalue weighted by molar-refractivity contribution is 5.66. The van der Waals surface area contributed by atoms with Gasteiger partial charge in [0, 0.05) is 25.7 Å². The standard InChI is InChI=1S/C23H34O4/c1-14(24)26-17-9-11-22(3)16(13-17)5-6-18-19-7-8-21(27-15(2)25)23(19,4)12-10-20(18)22/h5,17-21H,6-13H2,1-4H3/t17-,18+,19-,20+,21-,22-,23+/m1/s1. The van der Waals surface area contributed by atoms with E-state index >= 15 is 0 Å². The van der Waals surface area contributed by atoms with E-state index in [9.17, 15) is 9.59 Å². The molecule has 3 saturated carbocycles. The number of carbonyl (C=O) groups is 2. The van der Waals surface area contributed by atoms with Gasteiger partial charge in [0.15, 0.2) is 0 Å². The maximum absolute atomic E-state index is 11.6. The van der Waals surface area contributed by atoms with Crippen molar-refractivity contribution in [2.75, 3.05) is 0 Å². The van der Waals surface area contributed by atoms with Crippen molar-refractivity contribution >= 4 is 11.9 Å². The smallest absolute Gasteiger partial charge is 0.302 e. The third kappa shape index (κ3) is 3.03. The van der Waals surface area contributed by atoms with Gasteiger partial charge < -0.3 is 9.47 Å². The molecular formula is C23H34O4. The molecule has 0 radical (unpaired) electrons. The van der Waals surface area contributed by atoms with Gasteiger partial charge in [-0.15, -0.1) is 0 Å². The van der Waals surface area contributed by atoms with Crippen molar-refractivity contribution in [2.24, 2.45) is 28.6 Å². The fourth-order valence-electron chi connectivity index (χ4n) is 7.31. The van der Waals surface area contributed by atoms with Crippen molar-refractivity contribution in [3.63, 3.8) is 0 Å². The molecule has 0 aromatic heterocycles. The van der Waals surface area contributed by atoms with Crippen LogP contribution in [0.2, 0.25) is 0 Å². The van der Waals surface area contributed by atoms with Gasteiger partial charge in [0.1, 0.15) is 12.2 Å². The zero-order valence-corrected chi connectivity index (χ0v) is 17.3. The lowest BCUT2D eigenvalue weighted by Gasteiger charge is -2.57. The molecule has 0 saturated heterocycles. The summed E-state index contributed by atoms with van der Waals surface area (Å²) in [5.41, 5.74) is 1.92. The van der Waals surface area contributed by atoms with E-state index in [1.54, 1.807) is 6.92 Å². The van der Waals surface area contributed by atoms with Crippen molar-refractivity contribution in [2.45, 2.75) is 91.3 Å². The van der Waals surface area contributed by atoms with Crippen LogP contribution in [-0.4, -0.2) is 24.1 Å². The van der Waals surface area contributed by atoms with Gasteiger partial charge in [-0.3, -0.25) is 9.59 Å². The third-order valence-electron chi connectivity index (χ3n) is 8.61. The molecule has 3 fully saturated rings. The van der Waals surface area contributed by atoms with Gasteiger partial charge in [-0.05, 0) is 68.1 Å². The minimum Gasteiger partial charge on any atom is -0.462 e. The molecule has 0 amide bonds. The molecule has 27 heavy (non-hydrogen) atoms. The molecule has 4 aliphatic carbocycles. The van der Waals surface area contributed by atoms with Crippen LogP contribution in [0.25, 0.3) is 0 Å². The lowest BCUT2D eigenvalue weighted by Crippen LogP contribution is -2.51. The molecule has 0 bridgehead atoms. The summed E-state index contributed by atoms with van der Waals surface area (Å²) >= 11 is 0. The Kier molecular flexibility index (Phi) is 4.67. The highest BCUT2D eigenvalue weighted by Gasteiger charge is 2.59. The summed E-state index contributed by atoms with van der Waals surface area (Å²) in [6, 6.07) is 0. The summed E-state index contributed by atoms with van der Waals surface area (Å²) in [4.78, 5) is 22.9. The van der Waals surface area contributed by atoms with E-state index in [2.05, 4.69) is 19.9 Å². The predicted molar refractivity (Wildman–Crippen MR) is 103 cm³/mol. The molecule has 4 nitrogen and oxygen atoms in total. The number of esters is 2. The topological polar surface area (TPSA) is 52.6 Å². The Labute approximate surface area is 163 Å². The van der Waals surface area contributed by atoms with Crippen molar-refractivity contribution in [1.82, 2.24) is 0 Å². The van der Waals surface area contributed by atoms with Crippen LogP contribution >= 0.6 is 0 Å². The van der Waals surface area contributed by atoms with Gasteiger partial charge in [0.25, 0.3) is 0 Å². The van der Waals surface area contributed by atoms with E-state index in [-0.39, 0.29) is 35.0 Å². The lowest BCUT2D eigenvalue weighted by atomic mass is 9.48. The van der Waals surface area contributed by atoms with E-state index in [4.69, 9.17) is 9.47 Å². The molecule has 4 aliphatic rings. The Hall–Kier alpha value is -1.32. The molecule has 4 rings (SSSR count). The van der Waals surface area contributed by atoms with Crippen LogP contribution in [0.1, 0.15) is 79.1 Å². The molecule has 4 heteroatoms. The summed E-state index contributed by atoms with van der Waals surface area (Å²) in [5.74, 6) is 1.77. The lowest BCUT2D eigenvalue weighted by molar-refractivity contribution is -0.157. The first-order valence-corrected chi connectivity index (χ1v) is 10.8. The van der Waals surface area contributed by atoms with Gasteiger partial charge in [-0.25, -0.2) is 0 Å². The summed E-state index contributed by atoms with van der Waals surface area (Å²) in [6.07, 6.45) is 11.4. The predicted octanol–water partition coefficient (Wildman–Crippen LogP) is 4.81. The second-order valence-corrected chi connectivity index (χ2v) is 9.95. The van der Waals surface area contributed by atoms with Crippen LogP contribution in [-0.2, 0) is 19.1 Å². The third-order valence-corrected chi connectivity index (χ3v) is 8.61. The van der Waals surface area contributed by atoms with Gasteiger partial charge >= 0.3 is 11.9 Å². The van der Waals surface area contributed by atoms with Crippen LogP contribution in [0.5, 0.6) is 0 Å². The first-order chi connectivity index (χ1) is 12.7. The number of hydrogen-bond donors (Lipinski definition) is 0. The number of carbonyl (C=O) groups excluding carboxylic acids is 2. The normalized spacial score (nSPS) is 45.8. The van der Waals surface area contributed by atoms with Gasteiger partial charge in [0.05, 0.1) is 0 Å². The fraction of sp³-hybridized carbons (Fsp3) is 0.826. The van der Waals surface area contributed by atoms with Crippen molar-refractivity contribution in [3.05, 3.63) is 11.6 Å². The maximum atomic E-state index is 11.6. The monoisotopic (exact) mass is 374 g/mol. The number of ether oxygens (including phenoxy) is 2. The average Bonchev–Trinajstić information content (AvgIpc) is 2.91. The molecule has 0 aromatic rings. The summed E-state index contributed by atoms with van der Waals surface area (Å²) in [5, 5.41) is 0. The average molecular weight is 375 g/mol. The SMILES string of the molecule is CC(=O)O[C@@H]1CC[C@]2(C)C(=CC[C@H]3[C@H]4CC[C@@H](OC(C)=O)[C@@]4(C)CC[C@@H]32)C1. The highest BCUT2D eigenvalue weighted by Crippen LogP contribution is 2.65. The largest absolute Gasteiger partial charge is 0.462 e. The van der Waals surface area contributed by atoms with E-state index in [1.807, 2.05) is 0 Å². The first kappa shape index (κ1) is 19.0. The molecule has 0 unspecified atom stereocenters. The number of rotatable bonds is 2. The summed E-state index contributed by atoms with van der Waals surface area (Å²) in [7, 11) is 0. The van der Waals surface area contributed by atoms with Crippen LogP contribution in [0, 0.1) is 28.6 Å². The molecular weight excluding hydrogens is 340 g/mol. The summed E-state index contributed by atoms with van der Waals surface area (Å²) in [6.45, 7) is 7.88. The zero-order valence-electron chi connectivity index (χ0n) is 17.3. The van der Waals surface area contributed by atoms with Gasteiger partial charge in [-0.1, -0.05) is 25.5 Å². The quantitative estimate of drug-likeness (QED) is 0.514. The number of allylic oxidation sites excluding steroid dienone is 1. The molecule has 0 aromatic carbocycles. The molecule has 0 N–H and O–H groups in total. The van der Waals surface area contributed by atoms with E-state index in [0.717, 1.165) is 38.5 Å². The molecule has 150 valence electrons. The Morgan fingerprint density at radius 3 is 2.41 bits per heavy atom. The number of hydrogen-bond acceptors (Lipinski definition) is 4. The molecule has 0 spiro atoms. The summed E-state index contributed by atoms with van der Waals surface area (Å²) < 4.78 is 11.3. The van der Waals surface area contributed by atoms with Crippen LogP contribution in [0.3, 0.4) is 0 Å².